The summed E-state index contributed by atoms with van der Waals surface area (Å²) in [5, 5.41) is 0. The van der Waals surface area contributed by atoms with E-state index in [2.05, 4.69) is 149 Å². The van der Waals surface area contributed by atoms with E-state index in [1.165, 1.54) is 44.6 Å². The van der Waals surface area contributed by atoms with Crippen LogP contribution in [0.3, 0.4) is 0 Å². The van der Waals surface area contributed by atoms with Crippen molar-refractivity contribution in [3.8, 4) is 22.5 Å². The van der Waals surface area contributed by atoms with Crippen molar-refractivity contribution in [1.29, 1.82) is 0 Å². The van der Waals surface area contributed by atoms with Gasteiger partial charge in [0.25, 0.3) is 0 Å². The number of benzene rings is 4. The average molecular weight is 565 g/mol. The normalized spacial score (nSPS) is 20.5. The first kappa shape index (κ1) is 27.4. The highest BCUT2D eigenvalue weighted by Gasteiger charge is 2.53. The van der Waals surface area contributed by atoms with Crippen LogP contribution in [-0.2, 0) is 5.41 Å². The van der Waals surface area contributed by atoms with Crippen LogP contribution in [-0.4, -0.2) is 16.1 Å². The van der Waals surface area contributed by atoms with Crippen molar-refractivity contribution in [2.24, 2.45) is 5.92 Å². The Balaban J connectivity index is 1.61. The summed E-state index contributed by atoms with van der Waals surface area (Å²) in [6.45, 7) is 15.9. The predicted molar refractivity (Wildman–Crippen MR) is 180 cm³/mol. The molecule has 2 aliphatic heterocycles. The Morgan fingerprint density at radius 1 is 0.628 bits per heavy atom. The Kier molecular flexibility index (Phi) is 6.42. The Hall–Kier alpha value is -4.44. The zero-order valence-electron chi connectivity index (χ0n) is 26.3. The lowest BCUT2D eigenvalue weighted by Gasteiger charge is -2.50. The van der Waals surface area contributed by atoms with Gasteiger partial charge in [-0.1, -0.05) is 93.6 Å². The van der Waals surface area contributed by atoms with Gasteiger partial charge in [-0.3, -0.25) is 0 Å². The van der Waals surface area contributed by atoms with Gasteiger partial charge in [-0.25, -0.2) is 9.97 Å². The predicted octanol–water partition coefficient (Wildman–Crippen LogP) is 9.98. The first-order chi connectivity index (χ1) is 20.8. The third kappa shape index (κ3) is 3.96. The second-order valence-electron chi connectivity index (χ2n) is 12.7. The van der Waals surface area contributed by atoms with Crippen LogP contribution in [0.4, 0.5) is 23.0 Å². The topological polar surface area (TPSA) is 32.3 Å². The molecule has 7 rings (SSSR count). The summed E-state index contributed by atoms with van der Waals surface area (Å²) in [6, 6.07) is 32.7. The molecule has 4 nitrogen and oxygen atoms in total. The fraction of sp³-hybridized carbons (Fsp3) is 0.282. The van der Waals surface area contributed by atoms with Crippen molar-refractivity contribution < 1.29 is 0 Å². The van der Waals surface area contributed by atoms with Gasteiger partial charge in [-0.15, -0.1) is 0 Å². The molecule has 0 N–H and O–H groups in total. The molecule has 3 heterocycles. The minimum atomic E-state index is -0.00228. The molecule has 0 amide bonds. The molecule has 0 saturated carbocycles. The SMILES string of the molecule is CCC1(C)c2ccccc2N2c3nc(-c4c(C)cccc4C)c(-c4c(C)cccc4C)nc3N(c3ccccc3)C2C1C. The van der Waals surface area contributed by atoms with Gasteiger partial charge in [0.05, 0.1) is 11.4 Å². The summed E-state index contributed by atoms with van der Waals surface area (Å²) >= 11 is 0. The molecule has 0 bridgehead atoms. The largest absolute Gasteiger partial charge is 0.302 e. The Morgan fingerprint density at radius 2 is 1.12 bits per heavy atom. The van der Waals surface area contributed by atoms with E-state index in [1.54, 1.807) is 0 Å². The number of fused-ring (bicyclic) bond motifs is 5. The van der Waals surface area contributed by atoms with Gasteiger partial charge in [0.2, 0.25) is 0 Å². The van der Waals surface area contributed by atoms with E-state index < -0.39 is 0 Å². The molecule has 4 aromatic carbocycles. The van der Waals surface area contributed by atoms with Crippen LogP contribution in [0.25, 0.3) is 22.5 Å². The molecule has 0 fully saturated rings. The van der Waals surface area contributed by atoms with Crippen LogP contribution < -0.4 is 9.80 Å². The molecule has 4 heteroatoms. The van der Waals surface area contributed by atoms with Crippen molar-refractivity contribution in [2.45, 2.75) is 66.5 Å². The lowest BCUT2D eigenvalue weighted by Crippen LogP contribution is -2.54. The van der Waals surface area contributed by atoms with E-state index in [0.29, 0.717) is 5.92 Å². The number of rotatable bonds is 4. The summed E-state index contributed by atoms with van der Waals surface area (Å²) in [5.41, 5.74) is 12.8. The fourth-order valence-electron chi connectivity index (χ4n) is 7.65. The lowest BCUT2D eigenvalue weighted by atomic mass is 9.66. The standard InChI is InChI=1S/C39H40N4/c1-8-39(7)28(6)38-42(29-20-10-9-11-21-29)36-37(43(38)31-23-13-12-22-30(31)39)41-35(33-26(4)18-15-19-27(33)5)34(40-36)32-24(2)16-14-17-25(32)3/h9-23,28,38H,8H2,1-7H3. The van der Waals surface area contributed by atoms with Crippen LogP contribution in [0.1, 0.15) is 55.0 Å². The zero-order valence-corrected chi connectivity index (χ0v) is 26.3. The highest BCUT2D eigenvalue weighted by atomic mass is 15.5. The van der Waals surface area contributed by atoms with E-state index >= 15 is 0 Å². The molecule has 0 aliphatic carbocycles. The van der Waals surface area contributed by atoms with Gasteiger partial charge in [0.1, 0.15) is 6.17 Å². The number of nitrogens with zero attached hydrogens (tertiary/aromatic N) is 4. The van der Waals surface area contributed by atoms with Crippen LogP contribution in [0.15, 0.2) is 91.0 Å². The molecule has 2 aliphatic rings. The Labute approximate surface area is 256 Å². The van der Waals surface area contributed by atoms with E-state index in [-0.39, 0.29) is 11.6 Å². The van der Waals surface area contributed by atoms with Crippen LogP contribution in [0, 0.1) is 33.6 Å². The minimum Gasteiger partial charge on any atom is -0.302 e. The third-order valence-corrected chi connectivity index (χ3v) is 10.3. The van der Waals surface area contributed by atoms with Crippen molar-refractivity contribution in [1.82, 2.24) is 9.97 Å². The molecule has 43 heavy (non-hydrogen) atoms. The number of anilines is 4. The monoisotopic (exact) mass is 564 g/mol. The second kappa shape index (κ2) is 10.1. The Morgan fingerprint density at radius 3 is 1.65 bits per heavy atom. The second-order valence-corrected chi connectivity index (χ2v) is 12.7. The van der Waals surface area contributed by atoms with Gasteiger partial charge in [0, 0.05) is 33.8 Å². The van der Waals surface area contributed by atoms with E-state index in [4.69, 9.17) is 9.97 Å². The van der Waals surface area contributed by atoms with E-state index in [9.17, 15) is 0 Å². The molecular weight excluding hydrogens is 524 g/mol. The first-order valence-electron chi connectivity index (χ1n) is 15.5. The van der Waals surface area contributed by atoms with Gasteiger partial charge in [0.15, 0.2) is 11.6 Å². The quantitative estimate of drug-likeness (QED) is 0.217. The molecule has 216 valence electrons. The van der Waals surface area contributed by atoms with Crippen LogP contribution in [0.2, 0.25) is 0 Å². The maximum atomic E-state index is 5.69. The highest BCUT2D eigenvalue weighted by molar-refractivity contribution is 5.92. The summed E-state index contributed by atoms with van der Waals surface area (Å²) in [7, 11) is 0. The molecule has 0 spiro atoms. The van der Waals surface area contributed by atoms with Crippen molar-refractivity contribution >= 4 is 23.0 Å². The molecular formula is C39H40N4. The number of aromatic nitrogens is 2. The number of para-hydroxylation sites is 2. The van der Waals surface area contributed by atoms with Crippen molar-refractivity contribution in [3.05, 3.63) is 119 Å². The summed E-state index contributed by atoms with van der Waals surface area (Å²) < 4.78 is 0. The van der Waals surface area contributed by atoms with E-state index in [1.807, 2.05) is 0 Å². The fourth-order valence-corrected chi connectivity index (χ4v) is 7.65. The smallest absolute Gasteiger partial charge is 0.179 e. The van der Waals surface area contributed by atoms with Gasteiger partial charge >= 0.3 is 0 Å². The molecule has 3 atom stereocenters. The molecule has 3 unspecified atom stereocenters. The maximum absolute atomic E-state index is 5.69. The van der Waals surface area contributed by atoms with Crippen LogP contribution >= 0.6 is 0 Å². The summed E-state index contributed by atoms with van der Waals surface area (Å²) in [4.78, 5) is 16.3. The molecule has 5 aromatic rings. The third-order valence-electron chi connectivity index (χ3n) is 10.3. The van der Waals surface area contributed by atoms with E-state index in [0.717, 1.165) is 35.1 Å². The number of hydrogen-bond donors (Lipinski definition) is 0. The van der Waals surface area contributed by atoms with Gasteiger partial charge < -0.3 is 9.80 Å². The average Bonchev–Trinajstić information content (AvgIpc) is 3.34. The first-order valence-corrected chi connectivity index (χ1v) is 15.5. The van der Waals surface area contributed by atoms with Crippen molar-refractivity contribution in [3.63, 3.8) is 0 Å². The molecule has 1 aromatic heterocycles. The van der Waals surface area contributed by atoms with Crippen LogP contribution in [0.5, 0.6) is 0 Å². The zero-order chi connectivity index (χ0) is 30.0. The lowest BCUT2D eigenvalue weighted by molar-refractivity contribution is 0.249. The van der Waals surface area contributed by atoms with Crippen molar-refractivity contribution in [2.75, 3.05) is 9.80 Å². The highest BCUT2D eigenvalue weighted by Crippen LogP contribution is 2.58. The summed E-state index contributed by atoms with van der Waals surface area (Å²) in [6.07, 6.45) is 1.09. The maximum Gasteiger partial charge on any atom is 0.179 e. The molecule has 0 saturated heterocycles. The number of hydrogen-bond acceptors (Lipinski definition) is 4. The minimum absolute atomic E-state index is 0.00228. The number of aryl methyl sites for hydroxylation is 4. The van der Waals surface area contributed by atoms with Gasteiger partial charge in [-0.2, -0.15) is 0 Å². The Bertz CT molecular complexity index is 1820. The summed E-state index contributed by atoms with van der Waals surface area (Å²) in [5.74, 6) is 2.15. The van der Waals surface area contributed by atoms with Gasteiger partial charge in [-0.05, 0) is 80.1 Å². The molecule has 0 radical (unpaired) electrons.